The van der Waals surface area contributed by atoms with E-state index < -0.39 is 0 Å². The summed E-state index contributed by atoms with van der Waals surface area (Å²) in [6.45, 7) is 0.213. The van der Waals surface area contributed by atoms with E-state index >= 15 is 0 Å². The first-order valence-electron chi connectivity index (χ1n) is 10.1. The number of thioether (sulfide) groups is 1. The Balaban J connectivity index is 1.53. The highest BCUT2D eigenvalue weighted by Crippen LogP contribution is 2.38. The third-order valence-electron chi connectivity index (χ3n) is 5.01. The normalized spacial score (nSPS) is 14.7. The van der Waals surface area contributed by atoms with Gasteiger partial charge in [-0.25, -0.2) is 4.39 Å². The van der Waals surface area contributed by atoms with Gasteiger partial charge in [-0.1, -0.05) is 41.9 Å². The van der Waals surface area contributed by atoms with Crippen molar-refractivity contribution in [3.8, 4) is 11.5 Å². The molecule has 0 N–H and O–H groups in total. The Morgan fingerprint density at radius 3 is 2.56 bits per heavy atom. The second kappa shape index (κ2) is 10.8. The molecule has 0 aromatic heterocycles. The van der Waals surface area contributed by atoms with Crippen LogP contribution in [0.5, 0.6) is 11.5 Å². The molecule has 1 aliphatic heterocycles. The third-order valence-corrected chi connectivity index (χ3v) is 6.97. The van der Waals surface area contributed by atoms with Gasteiger partial charge in [-0.2, -0.15) is 0 Å². The van der Waals surface area contributed by atoms with E-state index in [9.17, 15) is 14.0 Å². The van der Waals surface area contributed by atoms with Crippen LogP contribution >= 0.6 is 46.0 Å². The average Bonchev–Trinajstić information content (AvgIpc) is 3.07. The number of methoxy groups -OCH3 is 1. The van der Waals surface area contributed by atoms with Gasteiger partial charge in [0.2, 0.25) is 0 Å². The molecule has 0 saturated carbocycles. The quantitative estimate of drug-likeness (QED) is 0.215. The van der Waals surface area contributed by atoms with Gasteiger partial charge < -0.3 is 9.47 Å². The Hall–Kier alpha value is -2.56. The van der Waals surface area contributed by atoms with E-state index in [0.717, 1.165) is 20.9 Å². The minimum absolute atomic E-state index is 0.0436. The van der Waals surface area contributed by atoms with Crippen LogP contribution in [0.25, 0.3) is 6.08 Å². The van der Waals surface area contributed by atoms with Crippen molar-refractivity contribution in [1.82, 2.24) is 4.90 Å². The van der Waals surface area contributed by atoms with E-state index in [0.29, 0.717) is 32.6 Å². The van der Waals surface area contributed by atoms with E-state index in [1.54, 1.807) is 54.6 Å². The molecule has 174 valence electrons. The smallest absolute Gasteiger partial charge is 0.293 e. The van der Waals surface area contributed by atoms with Crippen molar-refractivity contribution in [3.63, 3.8) is 0 Å². The minimum Gasteiger partial charge on any atom is -0.493 e. The molecule has 1 heterocycles. The van der Waals surface area contributed by atoms with Gasteiger partial charge in [0.15, 0.2) is 11.5 Å². The molecular formula is C25H18ClFINO4S. The maximum absolute atomic E-state index is 13.9. The fourth-order valence-corrected chi connectivity index (χ4v) is 5.03. The van der Waals surface area contributed by atoms with Crippen molar-refractivity contribution in [2.24, 2.45) is 0 Å². The van der Waals surface area contributed by atoms with Crippen molar-refractivity contribution >= 4 is 63.2 Å². The summed E-state index contributed by atoms with van der Waals surface area (Å²) in [7, 11) is 1.51. The highest BCUT2D eigenvalue weighted by atomic mass is 127. The number of hydrogen-bond acceptors (Lipinski definition) is 5. The Bertz CT molecular complexity index is 1280. The van der Waals surface area contributed by atoms with E-state index in [-0.39, 0.29) is 30.1 Å². The molecule has 5 nitrogen and oxygen atoms in total. The molecule has 0 radical (unpaired) electrons. The lowest BCUT2D eigenvalue weighted by molar-refractivity contribution is -0.123. The maximum Gasteiger partial charge on any atom is 0.293 e. The highest BCUT2D eigenvalue weighted by molar-refractivity contribution is 14.1. The first-order chi connectivity index (χ1) is 16.4. The van der Waals surface area contributed by atoms with Gasteiger partial charge in [-0.15, -0.1) is 0 Å². The van der Waals surface area contributed by atoms with Crippen LogP contribution in [0.2, 0.25) is 5.02 Å². The molecule has 9 heteroatoms. The van der Waals surface area contributed by atoms with Crippen LogP contribution in [-0.4, -0.2) is 23.2 Å². The first-order valence-corrected chi connectivity index (χ1v) is 12.4. The van der Waals surface area contributed by atoms with Crippen LogP contribution in [-0.2, 0) is 17.9 Å². The van der Waals surface area contributed by atoms with Crippen LogP contribution in [0, 0.1) is 9.39 Å². The number of nitrogens with zero attached hydrogens (tertiary/aromatic N) is 1. The number of benzene rings is 3. The van der Waals surface area contributed by atoms with E-state index in [4.69, 9.17) is 21.1 Å². The van der Waals surface area contributed by atoms with Gasteiger partial charge in [0.05, 0.1) is 22.1 Å². The van der Waals surface area contributed by atoms with Gasteiger partial charge in [-0.05, 0) is 81.9 Å². The molecule has 0 bridgehead atoms. The van der Waals surface area contributed by atoms with Gasteiger partial charge in [0.1, 0.15) is 12.4 Å². The molecule has 0 aliphatic carbocycles. The van der Waals surface area contributed by atoms with Crippen molar-refractivity contribution < 1.29 is 23.5 Å². The van der Waals surface area contributed by atoms with Crippen LogP contribution in [0.1, 0.15) is 16.7 Å². The lowest BCUT2D eigenvalue weighted by Crippen LogP contribution is -2.27. The lowest BCUT2D eigenvalue weighted by Gasteiger charge is -2.14. The first kappa shape index (κ1) is 24.6. The Labute approximate surface area is 219 Å². The molecule has 1 saturated heterocycles. The van der Waals surface area contributed by atoms with Crippen LogP contribution < -0.4 is 9.47 Å². The largest absolute Gasteiger partial charge is 0.493 e. The summed E-state index contributed by atoms with van der Waals surface area (Å²) in [4.78, 5) is 26.9. The standard InChI is InChI=1S/C25H18ClFINO4S/c1-32-21-11-16(10-20(28)23(21)33-14-17-4-2-3-5-19(17)27)12-22-24(30)29(25(31)34-22)13-15-6-8-18(26)9-7-15/h2-12H,13-14H2,1H3/b22-12-. The van der Waals surface area contributed by atoms with Crippen molar-refractivity contribution in [2.75, 3.05) is 7.11 Å². The second-order valence-corrected chi connectivity index (χ2v) is 9.90. The van der Waals surface area contributed by atoms with Gasteiger partial charge in [-0.3, -0.25) is 14.5 Å². The average molecular weight is 610 g/mol. The monoisotopic (exact) mass is 609 g/mol. The number of rotatable bonds is 7. The van der Waals surface area contributed by atoms with Crippen LogP contribution in [0.3, 0.4) is 0 Å². The zero-order valence-corrected chi connectivity index (χ0v) is 21.6. The maximum atomic E-state index is 13.9. The van der Waals surface area contributed by atoms with E-state index in [1.165, 1.54) is 18.1 Å². The zero-order valence-electron chi connectivity index (χ0n) is 17.9. The molecule has 4 rings (SSSR count). The molecular weight excluding hydrogens is 592 g/mol. The van der Waals surface area contributed by atoms with Crippen molar-refractivity contribution in [2.45, 2.75) is 13.2 Å². The van der Waals surface area contributed by atoms with Gasteiger partial charge in [0.25, 0.3) is 11.1 Å². The highest BCUT2D eigenvalue weighted by Gasteiger charge is 2.35. The number of imide groups is 1. The molecule has 1 aliphatic rings. The molecule has 0 spiro atoms. The Kier molecular flexibility index (Phi) is 7.80. The van der Waals surface area contributed by atoms with E-state index in [2.05, 4.69) is 22.6 Å². The van der Waals surface area contributed by atoms with E-state index in [1.807, 2.05) is 6.07 Å². The molecule has 0 unspecified atom stereocenters. The summed E-state index contributed by atoms with van der Waals surface area (Å²) in [6, 6.07) is 16.9. The number of amides is 2. The Morgan fingerprint density at radius 2 is 1.85 bits per heavy atom. The van der Waals surface area contributed by atoms with Crippen molar-refractivity contribution in [3.05, 3.63) is 96.7 Å². The Morgan fingerprint density at radius 1 is 1.12 bits per heavy atom. The summed E-state index contributed by atoms with van der Waals surface area (Å²) in [5.74, 6) is 0.204. The summed E-state index contributed by atoms with van der Waals surface area (Å²) in [6.07, 6.45) is 1.65. The van der Waals surface area contributed by atoms with Crippen molar-refractivity contribution in [1.29, 1.82) is 0 Å². The molecule has 2 amide bonds. The number of carbonyl (C=O) groups is 2. The SMILES string of the molecule is COc1cc(/C=C2\SC(=O)N(Cc3ccc(Cl)cc3)C2=O)cc(I)c1OCc1ccccc1F. The molecule has 3 aromatic carbocycles. The number of ether oxygens (including phenoxy) is 2. The number of hydrogen-bond donors (Lipinski definition) is 0. The fourth-order valence-electron chi connectivity index (χ4n) is 3.29. The summed E-state index contributed by atoms with van der Waals surface area (Å²) in [5, 5.41) is 0.250. The van der Waals surface area contributed by atoms with Gasteiger partial charge >= 0.3 is 0 Å². The lowest BCUT2D eigenvalue weighted by atomic mass is 10.1. The fraction of sp³-hybridized carbons (Fsp3) is 0.120. The molecule has 3 aromatic rings. The number of halogens is 3. The zero-order chi connectivity index (χ0) is 24.2. The number of carbonyl (C=O) groups excluding carboxylic acids is 2. The molecule has 1 fully saturated rings. The topological polar surface area (TPSA) is 55.8 Å². The van der Waals surface area contributed by atoms with Crippen LogP contribution in [0.4, 0.5) is 9.18 Å². The second-order valence-electron chi connectivity index (χ2n) is 7.31. The van der Waals surface area contributed by atoms with Crippen LogP contribution in [0.15, 0.2) is 65.6 Å². The molecule has 34 heavy (non-hydrogen) atoms. The molecule has 0 atom stereocenters. The predicted octanol–water partition coefficient (Wildman–Crippen LogP) is 6.91. The summed E-state index contributed by atoms with van der Waals surface area (Å²) >= 11 is 8.89. The summed E-state index contributed by atoms with van der Waals surface area (Å²) < 4.78 is 26.0. The predicted molar refractivity (Wildman–Crippen MR) is 139 cm³/mol. The third kappa shape index (κ3) is 5.56. The summed E-state index contributed by atoms with van der Waals surface area (Å²) in [5.41, 5.74) is 1.91. The minimum atomic E-state index is -0.362. The van der Waals surface area contributed by atoms with Gasteiger partial charge in [0, 0.05) is 10.6 Å².